The van der Waals surface area contributed by atoms with Gasteiger partial charge in [0.25, 0.3) is 0 Å². The zero-order chi connectivity index (χ0) is 14.7. The Morgan fingerprint density at radius 2 is 2.19 bits per heavy atom. The summed E-state index contributed by atoms with van der Waals surface area (Å²) in [6, 6.07) is 7.52. The van der Waals surface area contributed by atoms with Crippen LogP contribution in [0.15, 0.2) is 24.3 Å². The summed E-state index contributed by atoms with van der Waals surface area (Å²) < 4.78 is 5.82. The van der Waals surface area contributed by atoms with Crippen LogP contribution in [0.2, 0.25) is 5.02 Å². The summed E-state index contributed by atoms with van der Waals surface area (Å²) in [5, 5.41) is 3.80. The Bertz CT molecular complexity index is 505. The lowest BCUT2D eigenvalue weighted by Crippen LogP contribution is -2.54. The summed E-state index contributed by atoms with van der Waals surface area (Å²) in [4.78, 5) is 14.3. The van der Waals surface area contributed by atoms with Crippen LogP contribution in [0.3, 0.4) is 0 Å². The summed E-state index contributed by atoms with van der Waals surface area (Å²) >= 11 is 6.09. The summed E-state index contributed by atoms with van der Waals surface area (Å²) in [6.07, 6.45) is 2.17. The number of amides is 1. The number of rotatable bonds is 4. The first-order chi connectivity index (χ1) is 10.2. The largest absolute Gasteiger partial charge is 0.492 e. The number of benzene rings is 1. The number of carbonyl (C=O) groups excluding carboxylic acids is 1. The monoisotopic (exact) mass is 308 g/mol. The topological polar surface area (TPSA) is 41.6 Å². The summed E-state index contributed by atoms with van der Waals surface area (Å²) in [5.74, 6) is 1.61. The molecule has 0 aromatic heterocycles. The van der Waals surface area contributed by atoms with E-state index < -0.39 is 0 Å². The Morgan fingerprint density at radius 1 is 1.38 bits per heavy atom. The number of piperidine rings is 1. The number of nitrogens with zero attached hydrogens (tertiary/aromatic N) is 1. The molecule has 0 bridgehead atoms. The van der Waals surface area contributed by atoms with Crippen LogP contribution in [0.25, 0.3) is 0 Å². The molecule has 2 fully saturated rings. The normalized spacial score (nSPS) is 22.7. The molecule has 2 heterocycles. The second kappa shape index (κ2) is 6.67. The van der Waals surface area contributed by atoms with Crippen LogP contribution < -0.4 is 10.1 Å². The van der Waals surface area contributed by atoms with Crippen molar-refractivity contribution in [2.24, 2.45) is 11.8 Å². The molecule has 1 N–H and O–H groups in total. The summed E-state index contributed by atoms with van der Waals surface area (Å²) in [7, 11) is 0. The molecule has 2 aliphatic heterocycles. The molecule has 1 amide bonds. The molecule has 114 valence electrons. The minimum atomic E-state index is 0.188. The molecule has 2 saturated heterocycles. The van der Waals surface area contributed by atoms with Crippen LogP contribution in [0.5, 0.6) is 5.75 Å². The van der Waals surface area contributed by atoms with Gasteiger partial charge in [0, 0.05) is 32.1 Å². The highest BCUT2D eigenvalue weighted by Gasteiger charge is 2.32. The molecule has 0 saturated carbocycles. The van der Waals surface area contributed by atoms with E-state index in [1.54, 1.807) is 0 Å². The number of ether oxygens (including phenoxy) is 1. The maximum absolute atomic E-state index is 12.3. The average molecular weight is 309 g/mol. The molecule has 1 unspecified atom stereocenters. The van der Waals surface area contributed by atoms with E-state index in [0.29, 0.717) is 23.5 Å². The van der Waals surface area contributed by atoms with Crippen LogP contribution in [0, 0.1) is 11.8 Å². The minimum absolute atomic E-state index is 0.188. The first-order valence-corrected chi connectivity index (χ1v) is 7.98. The standard InChI is InChI=1S/C16H21ClN2O2/c17-14-5-1-2-6-15(14)21-11-12-4-3-7-19(10-12)16(20)13-8-18-9-13/h1-2,5-6,12-13,18H,3-4,7-11H2. The minimum Gasteiger partial charge on any atom is -0.492 e. The van der Waals surface area contributed by atoms with Gasteiger partial charge >= 0.3 is 0 Å². The lowest BCUT2D eigenvalue weighted by Gasteiger charge is -2.37. The highest BCUT2D eigenvalue weighted by molar-refractivity contribution is 6.32. The molecule has 4 nitrogen and oxygen atoms in total. The van der Waals surface area contributed by atoms with Crippen molar-refractivity contribution < 1.29 is 9.53 Å². The van der Waals surface area contributed by atoms with Crippen LogP contribution >= 0.6 is 11.6 Å². The maximum atomic E-state index is 12.3. The van der Waals surface area contributed by atoms with Crippen molar-refractivity contribution in [3.63, 3.8) is 0 Å². The van der Waals surface area contributed by atoms with Gasteiger partial charge in [-0.05, 0) is 25.0 Å². The van der Waals surface area contributed by atoms with Crippen LogP contribution in [-0.2, 0) is 4.79 Å². The molecule has 5 heteroatoms. The molecule has 0 spiro atoms. The Morgan fingerprint density at radius 3 is 2.90 bits per heavy atom. The van der Waals surface area contributed by atoms with Gasteiger partial charge in [-0.25, -0.2) is 0 Å². The third-order valence-corrected chi connectivity index (χ3v) is 4.58. The SMILES string of the molecule is O=C(C1CNC1)N1CCCC(COc2ccccc2Cl)C1. The fourth-order valence-corrected chi connectivity index (χ4v) is 3.08. The highest BCUT2D eigenvalue weighted by atomic mass is 35.5. The van der Waals surface area contributed by atoms with E-state index in [1.165, 1.54) is 0 Å². The van der Waals surface area contributed by atoms with Crippen molar-refractivity contribution in [3.8, 4) is 5.75 Å². The molecule has 21 heavy (non-hydrogen) atoms. The van der Waals surface area contributed by atoms with Gasteiger partial charge in [0.15, 0.2) is 0 Å². The first kappa shape index (κ1) is 14.7. The van der Waals surface area contributed by atoms with Gasteiger partial charge in [-0.2, -0.15) is 0 Å². The van der Waals surface area contributed by atoms with Gasteiger partial charge < -0.3 is 15.0 Å². The second-order valence-electron chi connectivity index (χ2n) is 5.89. The van der Waals surface area contributed by atoms with Crippen LogP contribution in [-0.4, -0.2) is 43.6 Å². The van der Waals surface area contributed by atoms with Crippen LogP contribution in [0.4, 0.5) is 0 Å². The van der Waals surface area contributed by atoms with E-state index in [9.17, 15) is 4.79 Å². The van der Waals surface area contributed by atoms with E-state index in [4.69, 9.17) is 16.3 Å². The summed E-state index contributed by atoms with van der Waals surface area (Å²) in [6.45, 7) is 3.97. The molecule has 3 rings (SSSR count). The van der Waals surface area contributed by atoms with E-state index in [0.717, 1.165) is 44.8 Å². The van der Waals surface area contributed by atoms with E-state index in [1.807, 2.05) is 29.2 Å². The fraction of sp³-hybridized carbons (Fsp3) is 0.562. The Balaban J connectivity index is 1.51. The first-order valence-electron chi connectivity index (χ1n) is 7.61. The zero-order valence-electron chi connectivity index (χ0n) is 12.1. The third-order valence-electron chi connectivity index (χ3n) is 4.27. The Kier molecular flexibility index (Phi) is 4.66. The van der Waals surface area contributed by atoms with Crippen molar-refractivity contribution in [2.45, 2.75) is 12.8 Å². The lowest BCUT2D eigenvalue weighted by atomic mass is 9.95. The number of hydrogen-bond acceptors (Lipinski definition) is 3. The molecule has 0 radical (unpaired) electrons. The smallest absolute Gasteiger partial charge is 0.228 e. The van der Waals surface area contributed by atoms with Crippen molar-refractivity contribution in [2.75, 3.05) is 32.8 Å². The summed E-state index contributed by atoms with van der Waals surface area (Å²) in [5.41, 5.74) is 0. The van der Waals surface area contributed by atoms with E-state index in [2.05, 4.69) is 5.32 Å². The maximum Gasteiger partial charge on any atom is 0.228 e. The predicted octanol–water partition coefficient (Wildman–Crippen LogP) is 2.18. The molecule has 0 aliphatic carbocycles. The van der Waals surface area contributed by atoms with Gasteiger partial charge in [0.05, 0.1) is 17.5 Å². The van der Waals surface area contributed by atoms with Gasteiger partial charge in [-0.3, -0.25) is 4.79 Å². The van der Waals surface area contributed by atoms with Crippen molar-refractivity contribution in [1.82, 2.24) is 10.2 Å². The number of hydrogen-bond donors (Lipinski definition) is 1. The number of halogens is 1. The van der Waals surface area contributed by atoms with Crippen molar-refractivity contribution in [1.29, 1.82) is 0 Å². The van der Waals surface area contributed by atoms with Gasteiger partial charge in [0.2, 0.25) is 5.91 Å². The van der Waals surface area contributed by atoms with Crippen molar-refractivity contribution in [3.05, 3.63) is 29.3 Å². The van der Waals surface area contributed by atoms with Gasteiger partial charge in [0.1, 0.15) is 5.75 Å². The number of carbonyl (C=O) groups is 1. The number of likely N-dealkylation sites (tertiary alicyclic amines) is 1. The van der Waals surface area contributed by atoms with E-state index in [-0.39, 0.29) is 5.92 Å². The third kappa shape index (κ3) is 3.50. The number of nitrogens with one attached hydrogen (secondary N) is 1. The quantitative estimate of drug-likeness (QED) is 0.927. The molecular weight excluding hydrogens is 288 g/mol. The molecule has 1 atom stereocenters. The second-order valence-corrected chi connectivity index (χ2v) is 6.30. The zero-order valence-corrected chi connectivity index (χ0v) is 12.8. The van der Waals surface area contributed by atoms with Gasteiger partial charge in [-0.15, -0.1) is 0 Å². The van der Waals surface area contributed by atoms with Gasteiger partial charge in [-0.1, -0.05) is 23.7 Å². The average Bonchev–Trinajstić information content (AvgIpc) is 2.45. The predicted molar refractivity (Wildman–Crippen MR) is 82.6 cm³/mol. The molecule has 2 aliphatic rings. The number of para-hydroxylation sites is 1. The van der Waals surface area contributed by atoms with Crippen molar-refractivity contribution >= 4 is 17.5 Å². The Hall–Kier alpha value is -1.26. The van der Waals surface area contributed by atoms with Crippen LogP contribution in [0.1, 0.15) is 12.8 Å². The molecular formula is C16H21ClN2O2. The highest BCUT2D eigenvalue weighted by Crippen LogP contribution is 2.25. The Labute approximate surface area is 130 Å². The fourth-order valence-electron chi connectivity index (χ4n) is 2.89. The molecule has 1 aromatic carbocycles. The lowest BCUT2D eigenvalue weighted by molar-refractivity contribution is -0.139. The van der Waals surface area contributed by atoms with E-state index >= 15 is 0 Å². The molecule has 1 aromatic rings.